The second kappa shape index (κ2) is 14.4. The maximum atomic E-state index is 13.6. The first-order valence-corrected chi connectivity index (χ1v) is 16.7. The van der Waals surface area contributed by atoms with Crippen molar-refractivity contribution >= 4 is 92.0 Å². The summed E-state index contributed by atoms with van der Waals surface area (Å²) in [7, 11) is 1.62. The molecule has 1 atom stereocenters. The summed E-state index contributed by atoms with van der Waals surface area (Å²) in [5.74, 6) is -0.137. The lowest BCUT2D eigenvalue weighted by Crippen LogP contribution is -2.45. The number of nitrogens with one attached hydrogen (secondary N) is 2. The second-order valence-electron chi connectivity index (χ2n) is 10.5. The smallest absolute Gasteiger partial charge is 0.286 e. The molecule has 47 heavy (non-hydrogen) atoms. The van der Waals surface area contributed by atoms with Crippen molar-refractivity contribution in [1.82, 2.24) is 15.4 Å². The van der Waals surface area contributed by atoms with Crippen molar-refractivity contribution in [3.8, 4) is 5.75 Å². The Labute approximate surface area is 296 Å². The molecule has 2 aliphatic rings. The molecule has 1 unspecified atom stereocenters. The number of ether oxygens (including phenoxy) is 1. The molecular weight excluding hydrogens is 697 g/mol. The van der Waals surface area contributed by atoms with Gasteiger partial charge in [0.1, 0.15) is 5.75 Å². The number of carbonyl (C=O) groups is 2. The fourth-order valence-corrected chi connectivity index (χ4v) is 6.88. The first kappa shape index (κ1) is 32.9. The van der Waals surface area contributed by atoms with Crippen LogP contribution < -0.4 is 15.5 Å². The van der Waals surface area contributed by atoms with E-state index in [1.807, 2.05) is 66.7 Å². The monoisotopic (exact) mass is 721 g/mol. The number of rotatable bonds is 9. The van der Waals surface area contributed by atoms with Gasteiger partial charge in [0.05, 0.1) is 45.9 Å². The average Bonchev–Trinajstić information content (AvgIpc) is 3.60. The average molecular weight is 723 g/mol. The highest BCUT2D eigenvalue weighted by Crippen LogP contribution is 2.38. The van der Waals surface area contributed by atoms with Crippen LogP contribution in [0.5, 0.6) is 5.75 Å². The molecule has 1 saturated heterocycles. The minimum Gasteiger partial charge on any atom is -0.497 e. The second-order valence-corrected chi connectivity index (χ2v) is 13.4. The molecule has 0 radical (unpaired) electrons. The molecule has 0 bridgehead atoms. The van der Waals surface area contributed by atoms with Crippen molar-refractivity contribution in [2.45, 2.75) is 18.9 Å². The Hall–Kier alpha value is -4.06. The van der Waals surface area contributed by atoms with Crippen LogP contribution in [0.4, 0.5) is 11.4 Å². The SMILES string of the molecule is COc1ccc(C2=NN(/C=C3\SC(=S)N(NC(=O)Cc4ccccc4Nc4c(Cl)cccc4Cl)C3=O)C(c3ccc(Cl)cc3)C2)cc1. The van der Waals surface area contributed by atoms with Gasteiger partial charge in [0, 0.05) is 23.3 Å². The number of thiocarbonyl (C=S) groups is 1. The number of hydrogen-bond acceptors (Lipinski definition) is 8. The van der Waals surface area contributed by atoms with E-state index in [1.165, 1.54) is 0 Å². The summed E-state index contributed by atoms with van der Waals surface area (Å²) in [5, 5.41) is 12.5. The molecule has 2 N–H and O–H groups in total. The van der Waals surface area contributed by atoms with Crippen LogP contribution in [-0.4, -0.2) is 39.0 Å². The number of nitrogens with zero attached hydrogens (tertiary/aromatic N) is 3. The van der Waals surface area contributed by atoms with Gasteiger partial charge in [-0.1, -0.05) is 83.0 Å². The van der Waals surface area contributed by atoms with Crippen LogP contribution in [0.3, 0.4) is 0 Å². The number of anilines is 2. The van der Waals surface area contributed by atoms with Crippen molar-refractivity contribution in [2.75, 3.05) is 12.4 Å². The molecule has 4 aromatic rings. The molecule has 2 aliphatic heterocycles. The molecule has 8 nitrogen and oxygen atoms in total. The van der Waals surface area contributed by atoms with Gasteiger partial charge in [-0.3, -0.25) is 20.0 Å². The third-order valence-electron chi connectivity index (χ3n) is 7.49. The maximum Gasteiger partial charge on any atom is 0.286 e. The van der Waals surface area contributed by atoms with Crippen LogP contribution in [0.2, 0.25) is 15.1 Å². The van der Waals surface area contributed by atoms with E-state index in [1.54, 1.807) is 42.6 Å². The molecule has 0 saturated carbocycles. The Bertz CT molecular complexity index is 1900. The lowest BCUT2D eigenvalue weighted by Gasteiger charge is -2.21. The number of amides is 2. The summed E-state index contributed by atoms with van der Waals surface area (Å²) in [5.41, 5.74) is 7.28. The normalized spacial score (nSPS) is 16.9. The van der Waals surface area contributed by atoms with Gasteiger partial charge >= 0.3 is 0 Å². The zero-order chi connectivity index (χ0) is 33.1. The Morgan fingerprint density at radius 2 is 1.70 bits per heavy atom. The standard InChI is InChI=1S/C34H26Cl3N5O3S2/c1-45-24-15-11-20(12-16-24)28-18-29(21-9-13-23(35)14-10-21)41(39-28)19-30-33(44)42(34(46)47-30)40-31(43)17-22-5-2-3-8-27(22)38-32-25(36)6-4-7-26(32)37/h2-16,19,29,38H,17-18H2,1H3,(H,40,43)/b30-19-. The van der Waals surface area contributed by atoms with E-state index < -0.39 is 11.8 Å². The molecular formula is C34H26Cl3N5O3S2. The van der Waals surface area contributed by atoms with Gasteiger partial charge in [0.2, 0.25) is 5.91 Å². The molecule has 1 fully saturated rings. The van der Waals surface area contributed by atoms with E-state index in [-0.39, 0.29) is 16.8 Å². The van der Waals surface area contributed by atoms with Crippen LogP contribution in [0.15, 0.2) is 107 Å². The number of halogens is 3. The van der Waals surface area contributed by atoms with Crippen molar-refractivity contribution in [1.29, 1.82) is 0 Å². The molecule has 2 amide bonds. The van der Waals surface area contributed by atoms with E-state index in [9.17, 15) is 9.59 Å². The number of carbonyl (C=O) groups excluding carboxylic acids is 2. The fraction of sp³-hybridized carbons (Fsp3) is 0.118. The summed E-state index contributed by atoms with van der Waals surface area (Å²) in [4.78, 5) is 27.1. The van der Waals surface area contributed by atoms with Gasteiger partial charge < -0.3 is 10.1 Å². The van der Waals surface area contributed by atoms with Gasteiger partial charge in [0.25, 0.3) is 5.91 Å². The minimum absolute atomic E-state index is 0.0400. The molecule has 0 spiro atoms. The molecule has 6 rings (SSSR count). The van der Waals surface area contributed by atoms with Crippen LogP contribution in [0.25, 0.3) is 0 Å². The van der Waals surface area contributed by atoms with Crippen molar-refractivity contribution in [2.24, 2.45) is 5.10 Å². The number of para-hydroxylation sites is 2. The highest BCUT2D eigenvalue weighted by molar-refractivity contribution is 8.26. The summed E-state index contributed by atoms with van der Waals surface area (Å²) >= 11 is 25.5. The third-order valence-corrected chi connectivity index (χ3v) is 9.66. The zero-order valence-corrected chi connectivity index (χ0v) is 28.6. The number of hydrazine groups is 1. The predicted octanol–water partition coefficient (Wildman–Crippen LogP) is 8.53. The van der Waals surface area contributed by atoms with Crippen molar-refractivity contribution in [3.63, 3.8) is 0 Å². The van der Waals surface area contributed by atoms with E-state index in [2.05, 4.69) is 10.7 Å². The van der Waals surface area contributed by atoms with E-state index >= 15 is 0 Å². The first-order valence-electron chi connectivity index (χ1n) is 14.3. The first-order chi connectivity index (χ1) is 22.7. The number of methoxy groups -OCH3 is 1. The molecule has 0 aromatic heterocycles. The number of hydrazone groups is 1. The Morgan fingerprint density at radius 3 is 2.40 bits per heavy atom. The zero-order valence-electron chi connectivity index (χ0n) is 24.7. The Kier molecular flexibility index (Phi) is 10.0. The summed E-state index contributed by atoms with van der Waals surface area (Å²) in [6, 6.07) is 27.5. The van der Waals surface area contributed by atoms with Gasteiger partial charge in [0.15, 0.2) is 4.32 Å². The minimum atomic E-state index is -0.453. The molecule has 2 heterocycles. The molecule has 13 heteroatoms. The summed E-state index contributed by atoms with van der Waals surface area (Å²) < 4.78 is 5.50. The highest BCUT2D eigenvalue weighted by Gasteiger charge is 2.36. The van der Waals surface area contributed by atoms with Crippen molar-refractivity contribution in [3.05, 3.63) is 134 Å². The Balaban J connectivity index is 1.20. The summed E-state index contributed by atoms with van der Waals surface area (Å²) in [6.07, 6.45) is 2.23. The largest absolute Gasteiger partial charge is 0.497 e. The Morgan fingerprint density at radius 1 is 1.00 bits per heavy atom. The number of hydrogen-bond donors (Lipinski definition) is 2. The van der Waals surface area contributed by atoms with Crippen LogP contribution in [-0.2, 0) is 16.0 Å². The maximum absolute atomic E-state index is 13.6. The molecule has 238 valence electrons. The van der Waals surface area contributed by atoms with E-state index in [0.29, 0.717) is 43.3 Å². The number of benzene rings is 4. The van der Waals surface area contributed by atoms with Crippen LogP contribution >= 0.6 is 58.8 Å². The molecule has 4 aromatic carbocycles. The van der Waals surface area contributed by atoms with Gasteiger partial charge in [-0.2, -0.15) is 10.1 Å². The van der Waals surface area contributed by atoms with Crippen LogP contribution in [0, 0.1) is 0 Å². The lowest BCUT2D eigenvalue weighted by atomic mass is 9.98. The third kappa shape index (κ3) is 7.42. The topological polar surface area (TPSA) is 86.3 Å². The van der Waals surface area contributed by atoms with Gasteiger partial charge in [-0.25, -0.2) is 0 Å². The van der Waals surface area contributed by atoms with Gasteiger partial charge in [-0.15, -0.1) is 0 Å². The quantitative estimate of drug-likeness (QED) is 0.132. The van der Waals surface area contributed by atoms with Gasteiger partial charge in [-0.05, 0) is 83.5 Å². The van der Waals surface area contributed by atoms with Crippen molar-refractivity contribution < 1.29 is 14.3 Å². The fourth-order valence-electron chi connectivity index (χ4n) is 5.12. The molecule has 0 aliphatic carbocycles. The number of thioether (sulfide) groups is 1. The highest BCUT2D eigenvalue weighted by atomic mass is 35.5. The van der Waals surface area contributed by atoms with Crippen LogP contribution in [0.1, 0.15) is 29.2 Å². The van der Waals surface area contributed by atoms with E-state index in [0.717, 1.165) is 39.4 Å². The lowest BCUT2D eigenvalue weighted by molar-refractivity contribution is -0.132. The predicted molar refractivity (Wildman–Crippen MR) is 193 cm³/mol. The summed E-state index contributed by atoms with van der Waals surface area (Å²) in [6.45, 7) is 0. The van der Waals surface area contributed by atoms with E-state index in [4.69, 9.17) is 56.9 Å².